The van der Waals surface area contributed by atoms with Crippen LogP contribution in [0.4, 0.5) is 21.9 Å². The molecule has 0 saturated heterocycles. The van der Waals surface area contributed by atoms with E-state index in [1.807, 2.05) is 71.8 Å². The third kappa shape index (κ3) is 4.89. The summed E-state index contributed by atoms with van der Waals surface area (Å²) in [6.07, 6.45) is 2.70. The normalized spacial score (nSPS) is 15.0. The maximum atomic E-state index is 14.1. The van der Waals surface area contributed by atoms with E-state index in [1.165, 1.54) is 5.56 Å². The smallest absolute Gasteiger partial charge is 0.316 e. The Morgan fingerprint density at radius 2 is 1.70 bits per heavy atom. The van der Waals surface area contributed by atoms with Crippen LogP contribution < -0.4 is 20.9 Å². The Balaban J connectivity index is 1.36. The first-order valence-corrected chi connectivity index (χ1v) is 13.5. The molecule has 4 N–H and O–H groups in total. The molecule has 40 heavy (non-hydrogen) atoms. The van der Waals surface area contributed by atoms with E-state index in [0.717, 1.165) is 46.4 Å². The number of nitrogens with one attached hydrogen (secondary N) is 2. The fourth-order valence-electron chi connectivity index (χ4n) is 5.54. The van der Waals surface area contributed by atoms with Crippen molar-refractivity contribution < 1.29 is 9.59 Å². The molecule has 1 aromatic heterocycles. The monoisotopic (exact) mass is 529 g/mol. The summed E-state index contributed by atoms with van der Waals surface area (Å²) in [7, 11) is 0. The first-order valence-electron chi connectivity index (χ1n) is 13.5. The number of hydrogen-bond acceptors (Lipinski definition) is 3. The van der Waals surface area contributed by atoms with E-state index in [1.54, 1.807) is 6.07 Å². The standard InChI is InChI=1S/C33H31N5O2/c1-22-16-18-37(30-9-5-6-10-31(30)38(22)21-23-7-3-2-4-8-23)32(39)26-11-13-27(29(20-26)36-33(34)40)24-12-14-28-25(19-24)15-17-35-28/h2-15,17,19-20,22,35H,16,18,21H2,1H3,(H3,34,36,40). The minimum Gasteiger partial charge on any atom is -0.363 e. The van der Waals surface area contributed by atoms with Crippen LogP contribution in [0.25, 0.3) is 22.0 Å². The van der Waals surface area contributed by atoms with E-state index >= 15 is 0 Å². The van der Waals surface area contributed by atoms with Crippen molar-refractivity contribution in [2.75, 3.05) is 21.7 Å². The summed E-state index contributed by atoms with van der Waals surface area (Å²) in [5, 5.41) is 3.79. The van der Waals surface area contributed by atoms with Crippen LogP contribution in [-0.2, 0) is 6.54 Å². The lowest BCUT2D eigenvalue weighted by molar-refractivity contribution is 0.0987. The molecule has 7 heteroatoms. The summed E-state index contributed by atoms with van der Waals surface area (Å²) < 4.78 is 0. The van der Waals surface area contributed by atoms with Gasteiger partial charge in [0.1, 0.15) is 0 Å². The van der Waals surface area contributed by atoms with E-state index in [2.05, 4.69) is 52.5 Å². The fraction of sp³-hybridized carbons (Fsp3) is 0.152. The molecule has 2 heterocycles. The first-order chi connectivity index (χ1) is 19.5. The summed E-state index contributed by atoms with van der Waals surface area (Å²) >= 11 is 0. The lowest BCUT2D eigenvalue weighted by Gasteiger charge is -2.31. The summed E-state index contributed by atoms with van der Waals surface area (Å²) in [5.41, 5.74) is 12.4. The quantitative estimate of drug-likeness (QED) is 0.234. The highest BCUT2D eigenvalue weighted by molar-refractivity contribution is 6.09. The molecule has 200 valence electrons. The minimum absolute atomic E-state index is 0.124. The molecule has 0 radical (unpaired) electrons. The van der Waals surface area contributed by atoms with Gasteiger partial charge in [0.15, 0.2) is 0 Å². The number of para-hydroxylation sites is 2. The third-order valence-electron chi connectivity index (χ3n) is 7.61. The predicted octanol–water partition coefficient (Wildman–Crippen LogP) is 6.77. The van der Waals surface area contributed by atoms with Gasteiger partial charge in [0.2, 0.25) is 0 Å². The molecule has 7 nitrogen and oxygen atoms in total. The number of aromatic nitrogens is 1. The molecule has 0 spiro atoms. The molecule has 5 aromatic rings. The van der Waals surface area contributed by atoms with Crippen molar-refractivity contribution in [2.45, 2.75) is 25.9 Å². The Morgan fingerprint density at radius 3 is 2.50 bits per heavy atom. The van der Waals surface area contributed by atoms with E-state index < -0.39 is 6.03 Å². The van der Waals surface area contributed by atoms with Gasteiger partial charge in [-0.1, -0.05) is 54.6 Å². The molecule has 1 unspecified atom stereocenters. The predicted molar refractivity (Wildman–Crippen MR) is 162 cm³/mol. The van der Waals surface area contributed by atoms with E-state index in [4.69, 9.17) is 5.73 Å². The van der Waals surface area contributed by atoms with Crippen molar-refractivity contribution in [2.24, 2.45) is 5.73 Å². The molecule has 0 aliphatic carbocycles. The summed E-state index contributed by atoms with van der Waals surface area (Å²) in [6, 6.07) is 31.5. The number of carbonyl (C=O) groups excluding carboxylic acids is 2. The van der Waals surface area contributed by atoms with Crippen LogP contribution in [0.5, 0.6) is 0 Å². The molecule has 1 aliphatic heterocycles. The van der Waals surface area contributed by atoms with Crippen molar-refractivity contribution in [3.63, 3.8) is 0 Å². The topological polar surface area (TPSA) is 94.5 Å². The van der Waals surface area contributed by atoms with Crippen molar-refractivity contribution in [3.8, 4) is 11.1 Å². The van der Waals surface area contributed by atoms with Crippen molar-refractivity contribution in [1.82, 2.24) is 4.98 Å². The molecule has 0 bridgehead atoms. The molecule has 1 atom stereocenters. The average molecular weight is 530 g/mol. The number of H-pyrrole nitrogens is 1. The van der Waals surface area contributed by atoms with Gasteiger partial charge in [-0.2, -0.15) is 0 Å². The van der Waals surface area contributed by atoms with E-state index in [9.17, 15) is 9.59 Å². The van der Waals surface area contributed by atoms with Crippen LogP contribution in [-0.4, -0.2) is 29.5 Å². The molecule has 3 amide bonds. The number of fused-ring (bicyclic) bond motifs is 2. The highest BCUT2D eigenvalue weighted by Crippen LogP contribution is 2.37. The summed E-state index contributed by atoms with van der Waals surface area (Å²) in [6.45, 7) is 3.54. The number of aromatic amines is 1. The number of hydrogen-bond donors (Lipinski definition) is 3. The molecular weight excluding hydrogens is 498 g/mol. The zero-order chi connectivity index (χ0) is 27.6. The first kappa shape index (κ1) is 25.2. The molecule has 4 aromatic carbocycles. The number of amides is 3. The second kappa shape index (κ2) is 10.6. The zero-order valence-corrected chi connectivity index (χ0v) is 22.3. The maximum absolute atomic E-state index is 14.1. The van der Waals surface area contributed by atoms with E-state index in [-0.39, 0.29) is 11.9 Å². The van der Waals surface area contributed by atoms with Crippen LogP contribution in [0.15, 0.2) is 103 Å². The highest BCUT2D eigenvalue weighted by atomic mass is 16.2. The van der Waals surface area contributed by atoms with Gasteiger partial charge < -0.3 is 25.8 Å². The number of nitrogens with two attached hydrogens (primary N) is 1. The highest BCUT2D eigenvalue weighted by Gasteiger charge is 2.29. The maximum Gasteiger partial charge on any atom is 0.316 e. The van der Waals surface area contributed by atoms with Crippen LogP contribution in [0, 0.1) is 0 Å². The summed E-state index contributed by atoms with van der Waals surface area (Å²) in [5.74, 6) is -0.124. The number of benzene rings is 4. The van der Waals surface area contributed by atoms with Crippen molar-refractivity contribution in [3.05, 3.63) is 114 Å². The third-order valence-corrected chi connectivity index (χ3v) is 7.61. The van der Waals surface area contributed by atoms with Crippen molar-refractivity contribution >= 4 is 39.9 Å². The Morgan fingerprint density at radius 1 is 0.925 bits per heavy atom. The lowest BCUT2D eigenvalue weighted by atomic mass is 9.99. The molecule has 6 rings (SSSR count). The second-order valence-corrected chi connectivity index (χ2v) is 10.2. The van der Waals surface area contributed by atoms with Gasteiger partial charge in [0, 0.05) is 42.0 Å². The number of primary amides is 1. The van der Waals surface area contributed by atoms with Gasteiger partial charge in [-0.25, -0.2) is 4.79 Å². The number of anilines is 3. The molecular formula is C33H31N5O2. The number of carbonyl (C=O) groups is 2. The zero-order valence-electron chi connectivity index (χ0n) is 22.3. The van der Waals surface area contributed by atoms with Gasteiger partial charge >= 0.3 is 6.03 Å². The van der Waals surface area contributed by atoms with Crippen molar-refractivity contribution in [1.29, 1.82) is 0 Å². The van der Waals surface area contributed by atoms with Gasteiger partial charge in [-0.05, 0) is 72.3 Å². The number of nitrogens with zero attached hydrogens (tertiary/aromatic N) is 2. The Kier molecular flexibility index (Phi) is 6.70. The number of rotatable bonds is 5. The van der Waals surface area contributed by atoms with Crippen LogP contribution in [0.2, 0.25) is 0 Å². The summed E-state index contributed by atoms with van der Waals surface area (Å²) in [4.78, 5) is 33.4. The molecule has 1 aliphatic rings. The van der Waals surface area contributed by atoms with Crippen LogP contribution in [0.3, 0.4) is 0 Å². The van der Waals surface area contributed by atoms with Gasteiger partial charge in [0.25, 0.3) is 5.91 Å². The fourth-order valence-corrected chi connectivity index (χ4v) is 5.54. The SMILES string of the molecule is CC1CCN(C(=O)c2ccc(-c3ccc4[nH]ccc4c3)c(NC(N)=O)c2)c2ccccc2N1Cc1ccccc1. The van der Waals surface area contributed by atoms with Gasteiger partial charge in [-0.15, -0.1) is 0 Å². The van der Waals surface area contributed by atoms with Crippen LogP contribution in [0.1, 0.15) is 29.3 Å². The number of urea groups is 1. The van der Waals surface area contributed by atoms with Crippen LogP contribution >= 0.6 is 0 Å². The Hall–Kier alpha value is -5.04. The minimum atomic E-state index is -0.681. The van der Waals surface area contributed by atoms with E-state index in [0.29, 0.717) is 17.8 Å². The Labute approximate surface area is 233 Å². The largest absolute Gasteiger partial charge is 0.363 e. The van der Waals surface area contributed by atoms with Gasteiger partial charge in [-0.3, -0.25) is 4.79 Å². The Bertz CT molecular complexity index is 1690. The molecule has 0 fully saturated rings. The second-order valence-electron chi connectivity index (χ2n) is 10.2. The lowest BCUT2D eigenvalue weighted by Crippen LogP contribution is -2.33. The average Bonchev–Trinajstić information content (AvgIpc) is 3.39. The van der Waals surface area contributed by atoms with Gasteiger partial charge in [0.05, 0.1) is 17.1 Å². The molecule has 0 saturated carbocycles.